The van der Waals surface area contributed by atoms with Crippen LogP contribution >= 0.6 is 0 Å². The van der Waals surface area contributed by atoms with Gasteiger partial charge in [0.15, 0.2) is 0 Å². The van der Waals surface area contributed by atoms with Crippen LogP contribution in [0, 0.1) is 5.92 Å². The first-order valence-corrected chi connectivity index (χ1v) is 8.16. The molecule has 1 aliphatic heterocycles. The summed E-state index contributed by atoms with van der Waals surface area (Å²) in [4.78, 5) is 14.6. The van der Waals surface area contributed by atoms with Gasteiger partial charge in [-0.05, 0) is 48.2 Å². The van der Waals surface area contributed by atoms with Gasteiger partial charge in [0.1, 0.15) is 0 Å². The average molecular weight is 348 g/mol. The normalized spacial score (nSPS) is 17.8. The van der Waals surface area contributed by atoms with Gasteiger partial charge in [-0.3, -0.25) is 4.79 Å². The van der Waals surface area contributed by atoms with Crippen LogP contribution in [0.4, 0.5) is 13.2 Å². The van der Waals surface area contributed by atoms with Crippen molar-refractivity contribution in [3.8, 4) is 11.1 Å². The van der Waals surface area contributed by atoms with Crippen LogP contribution in [0.1, 0.15) is 22.3 Å². The second-order valence-corrected chi connectivity index (χ2v) is 6.26. The summed E-state index contributed by atoms with van der Waals surface area (Å²) in [5, 5.41) is 0. The van der Waals surface area contributed by atoms with Crippen molar-refractivity contribution in [3.63, 3.8) is 0 Å². The Balaban J connectivity index is 1.90. The highest BCUT2D eigenvalue weighted by atomic mass is 19.4. The molecule has 0 saturated carbocycles. The number of nitrogens with zero attached hydrogens (tertiary/aromatic N) is 1. The lowest BCUT2D eigenvalue weighted by Gasteiger charge is -2.19. The van der Waals surface area contributed by atoms with Crippen LogP contribution in [0.2, 0.25) is 0 Å². The van der Waals surface area contributed by atoms with E-state index in [1.165, 1.54) is 12.1 Å². The third kappa shape index (κ3) is 3.69. The van der Waals surface area contributed by atoms with Gasteiger partial charge in [-0.25, -0.2) is 0 Å². The van der Waals surface area contributed by atoms with Crippen molar-refractivity contribution in [2.75, 3.05) is 19.6 Å². The molecule has 25 heavy (non-hydrogen) atoms. The van der Waals surface area contributed by atoms with E-state index in [-0.39, 0.29) is 5.91 Å². The summed E-state index contributed by atoms with van der Waals surface area (Å²) >= 11 is 0. The summed E-state index contributed by atoms with van der Waals surface area (Å²) in [5.41, 5.74) is 6.70. The minimum absolute atomic E-state index is 0.105. The lowest BCUT2D eigenvalue weighted by atomic mass is 9.98. The number of nitrogens with two attached hydrogens (primary N) is 1. The van der Waals surface area contributed by atoms with Crippen molar-refractivity contribution in [1.82, 2.24) is 4.90 Å². The molecular formula is C19H19F3N2O. The zero-order valence-electron chi connectivity index (χ0n) is 13.6. The third-order valence-electron chi connectivity index (χ3n) is 4.59. The third-order valence-corrected chi connectivity index (χ3v) is 4.59. The first-order valence-electron chi connectivity index (χ1n) is 8.16. The number of hydrogen-bond donors (Lipinski definition) is 1. The molecule has 1 aliphatic rings. The van der Waals surface area contributed by atoms with Crippen molar-refractivity contribution in [2.45, 2.75) is 12.6 Å². The number of halogens is 3. The molecule has 0 bridgehead atoms. The maximum absolute atomic E-state index is 12.8. The van der Waals surface area contributed by atoms with Crippen LogP contribution in [0.5, 0.6) is 0 Å². The first kappa shape index (κ1) is 17.5. The van der Waals surface area contributed by atoms with Crippen molar-refractivity contribution < 1.29 is 18.0 Å². The molecule has 0 spiro atoms. The fourth-order valence-corrected chi connectivity index (χ4v) is 3.14. The van der Waals surface area contributed by atoms with E-state index in [0.717, 1.165) is 18.6 Å². The Labute approximate surface area is 144 Å². The second-order valence-electron chi connectivity index (χ2n) is 6.26. The lowest BCUT2D eigenvalue weighted by Crippen LogP contribution is -2.30. The SMILES string of the molecule is NC[C@@H]1CCN(C(=O)c2ccccc2-c2ccc(C(F)(F)F)cc2)C1. The molecule has 1 heterocycles. The van der Waals surface area contributed by atoms with Gasteiger partial charge in [0.05, 0.1) is 5.56 Å². The van der Waals surface area contributed by atoms with E-state index >= 15 is 0 Å². The Kier molecular flexibility index (Phi) is 4.81. The summed E-state index contributed by atoms with van der Waals surface area (Å²) in [5.74, 6) is 0.202. The lowest BCUT2D eigenvalue weighted by molar-refractivity contribution is -0.137. The molecule has 2 aromatic carbocycles. The molecule has 1 atom stereocenters. The zero-order chi connectivity index (χ0) is 18.0. The van der Waals surface area contributed by atoms with Crippen LogP contribution in [0.3, 0.4) is 0 Å². The molecular weight excluding hydrogens is 329 g/mol. The molecule has 1 fully saturated rings. The van der Waals surface area contributed by atoms with Gasteiger partial charge in [-0.15, -0.1) is 0 Å². The van der Waals surface area contributed by atoms with Crippen LogP contribution in [0.25, 0.3) is 11.1 Å². The van der Waals surface area contributed by atoms with Gasteiger partial charge in [-0.1, -0.05) is 30.3 Å². The molecule has 3 rings (SSSR count). The van der Waals surface area contributed by atoms with E-state index in [0.29, 0.717) is 42.2 Å². The minimum atomic E-state index is -4.37. The van der Waals surface area contributed by atoms with Gasteiger partial charge < -0.3 is 10.6 Å². The number of hydrogen-bond acceptors (Lipinski definition) is 2. The smallest absolute Gasteiger partial charge is 0.338 e. The molecule has 1 amide bonds. The molecule has 0 radical (unpaired) electrons. The number of likely N-dealkylation sites (tertiary alicyclic amines) is 1. The quantitative estimate of drug-likeness (QED) is 0.917. The Morgan fingerprint density at radius 3 is 2.40 bits per heavy atom. The molecule has 0 aliphatic carbocycles. The molecule has 1 saturated heterocycles. The summed E-state index contributed by atoms with van der Waals surface area (Å²) < 4.78 is 38.2. The number of carbonyl (C=O) groups excluding carboxylic acids is 1. The number of alkyl halides is 3. The van der Waals surface area contributed by atoms with Gasteiger partial charge in [0.2, 0.25) is 0 Å². The summed E-state index contributed by atoms with van der Waals surface area (Å²) in [6.45, 7) is 1.82. The van der Waals surface area contributed by atoms with Gasteiger partial charge >= 0.3 is 6.18 Å². The highest BCUT2D eigenvalue weighted by molar-refractivity contribution is 6.01. The molecule has 132 valence electrons. The standard InChI is InChI=1S/C19H19F3N2O/c20-19(21,22)15-7-5-14(6-8-15)16-3-1-2-4-17(16)18(25)24-10-9-13(11-23)12-24/h1-8,13H,9-12,23H2/t13-/m0/s1. The predicted molar refractivity (Wildman–Crippen MR) is 89.9 cm³/mol. The van der Waals surface area contributed by atoms with Crippen LogP contribution < -0.4 is 5.73 Å². The van der Waals surface area contributed by atoms with E-state index < -0.39 is 11.7 Å². The number of carbonyl (C=O) groups is 1. The number of benzene rings is 2. The van der Waals surface area contributed by atoms with E-state index in [2.05, 4.69) is 0 Å². The fourth-order valence-electron chi connectivity index (χ4n) is 3.14. The Hall–Kier alpha value is -2.34. The number of amides is 1. The van der Waals surface area contributed by atoms with Gasteiger partial charge in [0.25, 0.3) is 5.91 Å². The van der Waals surface area contributed by atoms with Gasteiger partial charge in [-0.2, -0.15) is 13.2 Å². The van der Waals surface area contributed by atoms with Crippen LogP contribution in [-0.2, 0) is 6.18 Å². The first-order chi connectivity index (χ1) is 11.9. The fraction of sp³-hybridized carbons (Fsp3) is 0.316. The summed E-state index contributed by atoms with van der Waals surface area (Å²) in [6.07, 6.45) is -3.49. The largest absolute Gasteiger partial charge is 0.416 e. The van der Waals surface area contributed by atoms with E-state index in [1.807, 2.05) is 0 Å². The molecule has 2 aromatic rings. The molecule has 0 aromatic heterocycles. The highest BCUT2D eigenvalue weighted by Crippen LogP contribution is 2.32. The van der Waals surface area contributed by atoms with Crippen LogP contribution in [-0.4, -0.2) is 30.4 Å². The molecule has 2 N–H and O–H groups in total. The minimum Gasteiger partial charge on any atom is -0.338 e. The number of rotatable bonds is 3. The maximum atomic E-state index is 12.8. The topological polar surface area (TPSA) is 46.3 Å². The zero-order valence-corrected chi connectivity index (χ0v) is 13.6. The average Bonchev–Trinajstić information content (AvgIpc) is 3.10. The van der Waals surface area contributed by atoms with E-state index in [1.54, 1.807) is 29.2 Å². The molecule has 6 heteroatoms. The van der Waals surface area contributed by atoms with Crippen LogP contribution in [0.15, 0.2) is 48.5 Å². The highest BCUT2D eigenvalue weighted by Gasteiger charge is 2.30. The second kappa shape index (κ2) is 6.88. The summed E-state index contributed by atoms with van der Waals surface area (Å²) in [6, 6.07) is 11.9. The van der Waals surface area contributed by atoms with Crippen molar-refractivity contribution >= 4 is 5.91 Å². The van der Waals surface area contributed by atoms with Crippen molar-refractivity contribution in [3.05, 3.63) is 59.7 Å². The summed E-state index contributed by atoms with van der Waals surface area (Å²) in [7, 11) is 0. The predicted octanol–water partition coefficient (Wildman–Crippen LogP) is 3.79. The van der Waals surface area contributed by atoms with E-state index in [9.17, 15) is 18.0 Å². The van der Waals surface area contributed by atoms with E-state index in [4.69, 9.17) is 5.73 Å². The van der Waals surface area contributed by atoms with Crippen molar-refractivity contribution in [1.29, 1.82) is 0 Å². The molecule has 3 nitrogen and oxygen atoms in total. The monoisotopic (exact) mass is 348 g/mol. The Morgan fingerprint density at radius 2 is 1.80 bits per heavy atom. The molecule has 0 unspecified atom stereocenters. The van der Waals surface area contributed by atoms with Gasteiger partial charge in [0, 0.05) is 18.7 Å². The van der Waals surface area contributed by atoms with Crippen molar-refractivity contribution in [2.24, 2.45) is 11.7 Å². The maximum Gasteiger partial charge on any atom is 0.416 e. The Morgan fingerprint density at radius 1 is 1.12 bits per heavy atom. The Bertz CT molecular complexity index is 756.